The number of terminal acetylenes is 1. The van der Waals surface area contributed by atoms with Gasteiger partial charge in [0.1, 0.15) is 5.69 Å². The predicted octanol–water partition coefficient (Wildman–Crippen LogP) is 0.294. The minimum absolute atomic E-state index is 0.388. The van der Waals surface area contributed by atoms with Gasteiger partial charge in [0, 0.05) is 7.05 Å². The van der Waals surface area contributed by atoms with E-state index in [1.165, 1.54) is 0 Å². The molecule has 0 amide bonds. The third-order valence-electron chi connectivity index (χ3n) is 1.80. The summed E-state index contributed by atoms with van der Waals surface area (Å²) < 4.78 is 0. The molecule has 1 aliphatic rings. The first-order valence-electron chi connectivity index (χ1n) is 3.89. The van der Waals surface area contributed by atoms with Crippen LogP contribution in [-0.4, -0.2) is 23.7 Å². The van der Waals surface area contributed by atoms with Crippen molar-refractivity contribution >= 4 is 17.3 Å². The van der Waals surface area contributed by atoms with Gasteiger partial charge < -0.3 is 16.0 Å². The monoisotopic (exact) mass is 175 g/mol. The SMILES string of the molecule is C#Cc1nc(NC)c2c(n1)NCN2. The van der Waals surface area contributed by atoms with Crippen LogP contribution in [-0.2, 0) is 0 Å². The first-order chi connectivity index (χ1) is 6.35. The highest BCUT2D eigenvalue weighted by Crippen LogP contribution is 2.29. The number of rotatable bonds is 1. The van der Waals surface area contributed by atoms with Crippen LogP contribution in [0.15, 0.2) is 0 Å². The van der Waals surface area contributed by atoms with Gasteiger partial charge in [0.25, 0.3) is 0 Å². The van der Waals surface area contributed by atoms with Crippen molar-refractivity contribution < 1.29 is 0 Å². The minimum atomic E-state index is 0.388. The average molecular weight is 175 g/mol. The van der Waals surface area contributed by atoms with Crippen molar-refractivity contribution in [1.82, 2.24) is 9.97 Å². The predicted molar refractivity (Wildman–Crippen MR) is 51.6 cm³/mol. The first-order valence-corrected chi connectivity index (χ1v) is 3.89. The second-order valence-electron chi connectivity index (χ2n) is 2.54. The van der Waals surface area contributed by atoms with E-state index in [2.05, 4.69) is 31.8 Å². The highest BCUT2D eigenvalue weighted by Gasteiger charge is 2.16. The highest BCUT2D eigenvalue weighted by molar-refractivity contribution is 5.80. The van der Waals surface area contributed by atoms with Gasteiger partial charge >= 0.3 is 0 Å². The van der Waals surface area contributed by atoms with Crippen LogP contribution in [0.25, 0.3) is 0 Å². The number of hydrogen-bond acceptors (Lipinski definition) is 5. The first kappa shape index (κ1) is 7.68. The summed E-state index contributed by atoms with van der Waals surface area (Å²) in [5.41, 5.74) is 0.876. The Morgan fingerprint density at radius 3 is 3.00 bits per heavy atom. The van der Waals surface area contributed by atoms with Crippen LogP contribution < -0.4 is 16.0 Å². The van der Waals surface area contributed by atoms with Gasteiger partial charge in [-0.2, -0.15) is 0 Å². The molecule has 0 radical (unpaired) electrons. The zero-order valence-corrected chi connectivity index (χ0v) is 7.18. The standard InChI is InChI=1S/C8H9N5/c1-3-5-12-7(9-2)6-8(13-5)11-4-10-6/h1,10H,4H2,2H3,(H2,9,11,12,13). The molecule has 1 aliphatic heterocycles. The van der Waals surface area contributed by atoms with Gasteiger partial charge in [-0.3, -0.25) is 0 Å². The van der Waals surface area contributed by atoms with Crippen LogP contribution in [0.3, 0.4) is 0 Å². The quantitative estimate of drug-likeness (QED) is 0.536. The highest BCUT2D eigenvalue weighted by atomic mass is 15.2. The Morgan fingerprint density at radius 2 is 2.31 bits per heavy atom. The average Bonchev–Trinajstić information content (AvgIpc) is 2.63. The maximum absolute atomic E-state index is 5.22. The van der Waals surface area contributed by atoms with Crippen molar-refractivity contribution in [3.63, 3.8) is 0 Å². The summed E-state index contributed by atoms with van der Waals surface area (Å²) in [5, 5.41) is 9.11. The number of fused-ring (bicyclic) bond motifs is 1. The lowest BCUT2D eigenvalue weighted by Crippen LogP contribution is -2.01. The van der Waals surface area contributed by atoms with E-state index < -0.39 is 0 Å². The number of nitrogens with zero attached hydrogens (tertiary/aromatic N) is 2. The molecular weight excluding hydrogens is 166 g/mol. The molecule has 1 aromatic heterocycles. The Labute approximate surface area is 76.0 Å². The molecule has 1 aromatic rings. The molecule has 0 aliphatic carbocycles. The third kappa shape index (κ3) is 1.12. The minimum Gasteiger partial charge on any atom is -0.371 e. The van der Waals surface area contributed by atoms with E-state index in [-0.39, 0.29) is 0 Å². The van der Waals surface area contributed by atoms with E-state index in [1.54, 1.807) is 7.05 Å². The van der Waals surface area contributed by atoms with Crippen LogP contribution in [0.2, 0.25) is 0 Å². The molecule has 0 atom stereocenters. The molecule has 0 aromatic carbocycles. The zero-order chi connectivity index (χ0) is 9.26. The van der Waals surface area contributed by atoms with E-state index in [4.69, 9.17) is 6.42 Å². The van der Waals surface area contributed by atoms with Crippen LogP contribution in [0, 0.1) is 12.3 Å². The van der Waals surface area contributed by atoms with E-state index in [1.807, 2.05) is 0 Å². The second-order valence-corrected chi connectivity index (χ2v) is 2.54. The molecule has 0 spiro atoms. The van der Waals surface area contributed by atoms with Crippen molar-refractivity contribution in [2.24, 2.45) is 0 Å². The van der Waals surface area contributed by atoms with Gasteiger partial charge in [-0.1, -0.05) is 0 Å². The summed E-state index contributed by atoms with van der Waals surface area (Å²) in [6.07, 6.45) is 5.22. The number of nitrogens with one attached hydrogen (secondary N) is 3. The fourth-order valence-corrected chi connectivity index (χ4v) is 1.22. The maximum Gasteiger partial charge on any atom is 0.208 e. The second kappa shape index (κ2) is 2.83. The normalized spacial score (nSPS) is 12.3. The van der Waals surface area contributed by atoms with Crippen LogP contribution >= 0.6 is 0 Å². The summed E-state index contributed by atoms with van der Waals surface area (Å²) in [7, 11) is 1.79. The number of aromatic nitrogens is 2. The van der Waals surface area contributed by atoms with E-state index in [0.29, 0.717) is 12.5 Å². The number of hydrogen-bond donors (Lipinski definition) is 3. The van der Waals surface area contributed by atoms with Crippen LogP contribution in [0.5, 0.6) is 0 Å². The summed E-state index contributed by atoms with van der Waals surface area (Å²) >= 11 is 0. The van der Waals surface area contributed by atoms with Gasteiger partial charge in [-0.05, 0) is 5.92 Å². The fraction of sp³-hybridized carbons (Fsp3) is 0.250. The van der Waals surface area contributed by atoms with Crippen molar-refractivity contribution in [2.75, 3.05) is 29.7 Å². The lowest BCUT2D eigenvalue weighted by atomic mass is 10.4. The molecular formula is C8H9N5. The lowest BCUT2D eigenvalue weighted by Gasteiger charge is -2.05. The molecule has 66 valence electrons. The summed E-state index contributed by atoms with van der Waals surface area (Å²) in [6.45, 7) is 0.659. The fourth-order valence-electron chi connectivity index (χ4n) is 1.22. The van der Waals surface area contributed by atoms with E-state index in [9.17, 15) is 0 Å². The maximum atomic E-state index is 5.22. The molecule has 0 bridgehead atoms. The van der Waals surface area contributed by atoms with Crippen molar-refractivity contribution in [3.05, 3.63) is 5.82 Å². The molecule has 13 heavy (non-hydrogen) atoms. The summed E-state index contributed by atoms with van der Waals surface area (Å²) in [5.74, 6) is 4.27. The summed E-state index contributed by atoms with van der Waals surface area (Å²) in [6, 6.07) is 0. The largest absolute Gasteiger partial charge is 0.371 e. The van der Waals surface area contributed by atoms with Gasteiger partial charge in [0.15, 0.2) is 11.6 Å². The lowest BCUT2D eigenvalue weighted by molar-refractivity contribution is 1.14. The van der Waals surface area contributed by atoms with Crippen LogP contribution in [0.1, 0.15) is 5.82 Å². The van der Waals surface area contributed by atoms with Gasteiger partial charge in [-0.25, -0.2) is 9.97 Å². The van der Waals surface area contributed by atoms with Crippen LogP contribution in [0.4, 0.5) is 17.3 Å². The Balaban J connectivity index is 2.57. The zero-order valence-electron chi connectivity index (χ0n) is 7.18. The Morgan fingerprint density at radius 1 is 1.46 bits per heavy atom. The van der Waals surface area contributed by atoms with Gasteiger partial charge in [-0.15, -0.1) is 6.42 Å². The molecule has 3 N–H and O–H groups in total. The van der Waals surface area contributed by atoms with E-state index in [0.717, 1.165) is 17.3 Å². The van der Waals surface area contributed by atoms with Gasteiger partial charge in [0.2, 0.25) is 5.82 Å². The molecule has 2 rings (SSSR count). The van der Waals surface area contributed by atoms with Crippen molar-refractivity contribution in [3.8, 4) is 12.3 Å². The smallest absolute Gasteiger partial charge is 0.208 e. The number of anilines is 3. The molecule has 0 saturated heterocycles. The molecule has 0 unspecified atom stereocenters. The third-order valence-corrected chi connectivity index (χ3v) is 1.80. The topological polar surface area (TPSA) is 61.9 Å². The molecule has 5 nitrogen and oxygen atoms in total. The molecule has 0 fully saturated rings. The van der Waals surface area contributed by atoms with Gasteiger partial charge in [0.05, 0.1) is 6.67 Å². The Kier molecular flexibility index (Phi) is 1.67. The van der Waals surface area contributed by atoms with E-state index >= 15 is 0 Å². The van der Waals surface area contributed by atoms with Crippen molar-refractivity contribution in [1.29, 1.82) is 0 Å². The summed E-state index contributed by atoms with van der Waals surface area (Å²) in [4.78, 5) is 8.24. The van der Waals surface area contributed by atoms with Crippen molar-refractivity contribution in [2.45, 2.75) is 0 Å². The molecule has 5 heteroatoms. The molecule has 0 saturated carbocycles. The molecule has 2 heterocycles. The Hall–Kier alpha value is -1.96. The Bertz CT molecular complexity index is 379.